The third kappa shape index (κ3) is 6.22. The number of nitrogens with one attached hydrogen (secondary N) is 1. The summed E-state index contributed by atoms with van der Waals surface area (Å²) in [6, 6.07) is 5.85. The Morgan fingerprint density at radius 2 is 1.95 bits per heavy atom. The van der Waals surface area contributed by atoms with E-state index in [0.717, 1.165) is 5.75 Å². The summed E-state index contributed by atoms with van der Waals surface area (Å²) in [5, 5.41) is 2.72. The highest BCUT2D eigenvalue weighted by Gasteiger charge is 2.03. The van der Waals surface area contributed by atoms with E-state index in [9.17, 15) is 9.59 Å². The largest absolute Gasteiger partial charge is 0.493 e. The van der Waals surface area contributed by atoms with E-state index >= 15 is 0 Å². The van der Waals surface area contributed by atoms with E-state index in [1.807, 2.05) is 32.0 Å². The van der Waals surface area contributed by atoms with Gasteiger partial charge in [0.2, 0.25) is 11.8 Å². The summed E-state index contributed by atoms with van der Waals surface area (Å²) in [7, 11) is 0. The van der Waals surface area contributed by atoms with Crippen LogP contribution >= 0.6 is 0 Å². The molecule has 2 amide bonds. The van der Waals surface area contributed by atoms with Crippen LogP contribution in [0.4, 0.5) is 0 Å². The molecule has 1 aromatic carbocycles. The molecule has 110 valence electrons. The number of amides is 2. The number of carbonyl (C=O) groups excluding carboxylic acids is 2. The van der Waals surface area contributed by atoms with Crippen LogP contribution in [0, 0.1) is 13.8 Å². The molecule has 0 aliphatic carbocycles. The number of primary amides is 1. The van der Waals surface area contributed by atoms with Crippen molar-refractivity contribution in [3.8, 4) is 5.75 Å². The van der Waals surface area contributed by atoms with Crippen molar-refractivity contribution in [1.29, 1.82) is 0 Å². The van der Waals surface area contributed by atoms with Crippen LogP contribution in [0.3, 0.4) is 0 Å². The normalized spacial score (nSPS) is 10.1. The van der Waals surface area contributed by atoms with Crippen molar-refractivity contribution in [3.63, 3.8) is 0 Å². The molecule has 0 unspecified atom stereocenters. The minimum Gasteiger partial charge on any atom is -0.493 e. The first-order valence-electron chi connectivity index (χ1n) is 6.74. The lowest BCUT2D eigenvalue weighted by atomic mass is 10.1. The fourth-order valence-corrected chi connectivity index (χ4v) is 1.64. The van der Waals surface area contributed by atoms with Gasteiger partial charge >= 0.3 is 0 Å². The minimum absolute atomic E-state index is 0.0849. The second-order valence-electron chi connectivity index (χ2n) is 4.76. The molecule has 1 rings (SSSR count). The van der Waals surface area contributed by atoms with Crippen LogP contribution in [0.5, 0.6) is 5.75 Å². The average Bonchev–Trinajstić information content (AvgIpc) is 2.39. The maximum Gasteiger partial charge on any atom is 0.223 e. The van der Waals surface area contributed by atoms with Gasteiger partial charge in [0.25, 0.3) is 0 Å². The predicted molar refractivity (Wildman–Crippen MR) is 77.5 cm³/mol. The summed E-state index contributed by atoms with van der Waals surface area (Å²) in [6.07, 6.45) is 1.15. The van der Waals surface area contributed by atoms with Crippen molar-refractivity contribution in [2.75, 3.05) is 13.2 Å². The summed E-state index contributed by atoms with van der Waals surface area (Å²) >= 11 is 0. The average molecular weight is 278 g/mol. The molecular weight excluding hydrogens is 256 g/mol. The first-order valence-corrected chi connectivity index (χ1v) is 6.74. The Morgan fingerprint density at radius 3 is 2.60 bits per heavy atom. The highest BCUT2D eigenvalue weighted by Crippen LogP contribution is 2.16. The number of hydrogen-bond donors (Lipinski definition) is 2. The Kier molecular flexibility index (Phi) is 6.56. The van der Waals surface area contributed by atoms with E-state index in [-0.39, 0.29) is 11.8 Å². The predicted octanol–water partition coefficient (Wildman–Crippen LogP) is 1.45. The Hall–Kier alpha value is -2.04. The van der Waals surface area contributed by atoms with Crippen LogP contribution in [0.1, 0.15) is 30.4 Å². The summed E-state index contributed by atoms with van der Waals surface area (Å²) < 4.78 is 5.52. The van der Waals surface area contributed by atoms with Gasteiger partial charge in [-0.05, 0) is 43.5 Å². The molecule has 0 aliphatic rings. The number of rotatable bonds is 8. The summed E-state index contributed by atoms with van der Waals surface area (Å²) in [4.78, 5) is 22.0. The first-order chi connectivity index (χ1) is 9.49. The zero-order valence-electron chi connectivity index (χ0n) is 12.1. The lowest BCUT2D eigenvalue weighted by Gasteiger charge is -2.08. The Bertz CT molecular complexity index is 472. The SMILES string of the molecule is Cc1ccc(OCCC(=O)NCCCC(N)=O)cc1C. The molecule has 0 saturated carbocycles. The lowest BCUT2D eigenvalue weighted by molar-refractivity contribution is -0.122. The van der Waals surface area contributed by atoms with Crippen LogP contribution in [0.2, 0.25) is 0 Å². The fraction of sp³-hybridized carbons (Fsp3) is 0.467. The molecule has 0 heterocycles. The van der Waals surface area contributed by atoms with Gasteiger partial charge in [0.05, 0.1) is 13.0 Å². The van der Waals surface area contributed by atoms with E-state index in [1.54, 1.807) is 0 Å². The molecule has 5 nitrogen and oxygen atoms in total. The Balaban J connectivity index is 2.18. The Morgan fingerprint density at radius 1 is 1.20 bits per heavy atom. The second-order valence-corrected chi connectivity index (χ2v) is 4.76. The van der Waals surface area contributed by atoms with E-state index in [2.05, 4.69) is 5.32 Å². The fourth-order valence-electron chi connectivity index (χ4n) is 1.64. The summed E-state index contributed by atoms with van der Waals surface area (Å²) in [5.74, 6) is 0.338. The molecule has 0 radical (unpaired) electrons. The van der Waals surface area contributed by atoms with Gasteiger partial charge in [-0.15, -0.1) is 0 Å². The number of aryl methyl sites for hydroxylation is 2. The molecule has 1 aromatic rings. The molecule has 3 N–H and O–H groups in total. The van der Waals surface area contributed by atoms with Crippen molar-refractivity contribution in [2.24, 2.45) is 5.73 Å². The lowest BCUT2D eigenvalue weighted by Crippen LogP contribution is -2.26. The third-order valence-electron chi connectivity index (χ3n) is 3.00. The van der Waals surface area contributed by atoms with Gasteiger partial charge < -0.3 is 15.8 Å². The van der Waals surface area contributed by atoms with E-state index in [4.69, 9.17) is 10.5 Å². The molecule has 0 saturated heterocycles. The number of nitrogens with two attached hydrogens (primary N) is 1. The van der Waals surface area contributed by atoms with Crippen LogP contribution in [-0.2, 0) is 9.59 Å². The number of benzene rings is 1. The number of carbonyl (C=O) groups is 2. The smallest absolute Gasteiger partial charge is 0.223 e. The molecule has 5 heteroatoms. The topological polar surface area (TPSA) is 81.4 Å². The molecule has 0 spiro atoms. The maximum atomic E-state index is 11.5. The van der Waals surface area contributed by atoms with Gasteiger partial charge in [-0.1, -0.05) is 6.07 Å². The third-order valence-corrected chi connectivity index (χ3v) is 3.00. The summed E-state index contributed by atoms with van der Waals surface area (Å²) in [5.41, 5.74) is 7.38. The van der Waals surface area contributed by atoms with Gasteiger partial charge in [-0.3, -0.25) is 9.59 Å². The quantitative estimate of drug-likeness (QED) is 0.706. The second kappa shape index (κ2) is 8.19. The maximum absolute atomic E-state index is 11.5. The van der Waals surface area contributed by atoms with Crippen molar-refractivity contribution < 1.29 is 14.3 Å². The molecule has 20 heavy (non-hydrogen) atoms. The van der Waals surface area contributed by atoms with Crippen LogP contribution in [0.15, 0.2) is 18.2 Å². The van der Waals surface area contributed by atoms with Crippen molar-refractivity contribution >= 4 is 11.8 Å². The van der Waals surface area contributed by atoms with Gasteiger partial charge in [0.15, 0.2) is 0 Å². The first kappa shape index (κ1) is 16.0. The minimum atomic E-state index is -0.350. The van der Waals surface area contributed by atoms with Crippen molar-refractivity contribution in [3.05, 3.63) is 29.3 Å². The van der Waals surface area contributed by atoms with Crippen LogP contribution in [-0.4, -0.2) is 25.0 Å². The van der Waals surface area contributed by atoms with Crippen LogP contribution < -0.4 is 15.8 Å². The number of hydrogen-bond acceptors (Lipinski definition) is 3. The summed E-state index contributed by atoms with van der Waals surface area (Å²) in [6.45, 7) is 4.86. The van der Waals surface area contributed by atoms with E-state index < -0.39 is 0 Å². The monoisotopic (exact) mass is 278 g/mol. The van der Waals surface area contributed by atoms with Gasteiger partial charge in [-0.25, -0.2) is 0 Å². The van der Waals surface area contributed by atoms with Crippen molar-refractivity contribution in [1.82, 2.24) is 5.32 Å². The highest BCUT2D eigenvalue weighted by atomic mass is 16.5. The van der Waals surface area contributed by atoms with Crippen molar-refractivity contribution in [2.45, 2.75) is 33.1 Å². The number of ether oxygens (including phenoxy) is 1. The molecular formula is C15H22N2O3. The highest BCUT2D eigenvalue weighted by molar-refractivity contribution is 5.76. The molecule has 0 bridgehead atoms. The van der Waals surface area contributed by atoms with Crippen LogP contribution in [0.25, 0.3) is 0 Å². The molecule has 0 fully saturated rings. The van der Waals surface area contributed by atoms with E-state index in [0.29, 0.717) is 32.4 Å². The van der Waals surface area contributed by atoms with Gasteiger partial charge in [0, 0.05) is 13.0 Å². The van der Waals surface area contributed by atoms with Gasteiger partial charge in [-0.2, -0.15) is 0 Å². The Labute approximate surface area is 119 Å². The molecule has 0 aromatic heterocycles. The molecule has 0 aliphatic heterocycles. The standard InChI is InChI=1S/C15H22N2O3/c1-11-5-6-13(10-12(11)2)20-9-7-15(19)17-8-3-4-14(16)18/h5-6,10H,3-4,7-9H2,1-2H3,(H2,16,18)(H,17,19). The van der Waals surface area contributed by atoms with Gasteiger partial charge in [0.1, 0.15) is 5.75 Å². The zero-order chi connectivity index (χ0) is 15.0. The van der Waals surface area contributed by atoms with E-state index in [1.165, 1.54) is 11.1 Å². The zero-order valence-corrected chi connectivity index (χ0v) is 12.1. The molecule has 0 atom stereocenters.